The van der Waals surface area contributed by atoms with E-state index in [0.717, 1.165) is 16.7 Å². The van der Waals surface area contributed by atoms with Gasteiger partial charge in [0.2, 0.25) is 5.91 Å². The van der Waals surface area contributed by atoms with Crippen molar-refractivity contribution in [3.05, 3.63) is 83.3 Å². The number of rotatable bonds is 7. The smallest absolute Gasteiger partial charge is 0.287 e. The van der Waals surface area contributed by atoms with Gasteiger partial charge in [0.05, 0.1) is 20.5 Å². The molecule has 1 aliphatic heterocycles. The van der Waals surface area contributed by atoms with Crippen molar-refractivity contribution >= 4 is 11.8 Å². The molecule has 2 heterocycles. The van der Waals surface area contributed by atoms with Gasteiger partial charge in [-0.25, -0.2) is 0 Å². The highest BCUT2D eigenvalue weighted by Gasteiger charge is 2.30. The lowest BCUT2D eigenvalue weighted by Gasteiger charge is -2.32. The molecule has 0 saturated heterocycles. The number of carbonyl (C=O) groups excluding carboxylic acids is 2. The minimum atomic E-state index is -0.711. The third-order valence-electron chi connectivity index (χ3n) is 5.66. The van der Waals surface area contributed by atoms with Gasteiger partial charge in [-0.3, -0.25) is 9.59 Å². The molecule has 0 spiro atoms. The number of nitrogens with one attached hydrogen (secondary N) is 1. The van der Waals surface area contributed by atoms with E-state index in [1.165, 1.54) is 6.26 Å². The molecule has 1 aliphatic rings. The number of methoxy groups -OCH3 is 2. The average Bonchev–Trinajstić information content (AvgIpc) is 3.38. The topological polar surface area (TPSA) is 81.0 Å². The number of hydrogen-bond acceptors (Lipinski definition) is 5. The lowest BCUT2D eigenvalue weighted by atomic mass is 9.97. The fourth-order valence-corrected chi connectivity index (χ4v) is 3.98. The van der Waals surface area contributed by atoms with Crippen molar-refractivity contribution in [2.45, 2.75) is 25.4 Å². The Morgan fingerprint density at radius 2 is 1.75 bits per heavy atom. The van der Waals surface area contributed by atoms with Crippen molar-refractivity contribution < 1.29 is 23.5 Å². The normalized spacial score (nSPS) is 13.8. The van der Waals surface area contributed by atoms with Crippen LogP contribution in [0.1, 0.15) is 27.2 Å². The monoisotopic (exact) mass is 434 g/mol. The number of hydrogen-bond donors (Lipinski definition) is 1. The number of nitrogens with zero attached hydrogens (tertiary/aromatic N) is 1. The van der Waals surface area contributed by atoms with E-state index in [1.54, 1.807) is 31.3 Å². The second-order valence-corrected chi connectivity index (χ2v) is 7.68. The second kappa shape index (κ2) is 9.60. The maximum atomic E-state index is 13.5. The van der Waals surface area contributed by atoms with E-state index in [2.05, 4.69) is 5.32 Å². The average molecular weight is 434 g/mol. The van der Waals surface area contributed by atoms with E-state index in [4.69, 9.17) is 13.9 Å². The number of amides is 2. The van der Waals surface area contributed by atoms with Gasteiger partial charge in [-0.05, 0) is 47.4 Å². The fourth-order valence-electron chi connectivity index (χ4n) is 3.98. The minimum Gasteiger partial charge on any atom is -0.493 e. The van der Waals surface area contributed by atoms with Gasteiger partial charge in [0.1, 0.15) is 6.04 Å². The Morgan fingerprint density at radius 1 is 1.03 bits per heavy atom. The first-order valence-corrected chi connectivity index (χ1v) is 10.5. The molecule has 0 saturated carbocycles. The summed E-state index contributed by atoms with van der Waals surface area (Å²) in [5, 5.41) is 2.86. The van der Waals surface area contributed by atoms with Crippen LogP contribution >= 0.6 is 0 Å². The summed E-state index contributed by atoms with van der Waals surface area (Å²) >= 11 is 0. The molecule has 3 aromatic rings. The fraction of sp³-hybridized carbons (Fsp3) is 0.280. The molecule has 166 valence electrons. The summed E-state index contributed by atoms with van der Waals surface area (Å²) in [5.41, 5.74) is 3.11. The SMILES string of the molecule is COc1cc2c(cc1OC)CN(C(=O)C(Cc1ccccc1)NC(=O)c1ccco1)CC2. The van der Waals surface area contributed by atoms with Crippen LogP contribution in [0.15, 0.2) is 65.3 Å². The van der Waals surface area contributed by atoms with Crippen molar-refractivity contribution in [3.8, 4) is 11.5 Å². The Hall–Kier alpha value is -3.74. The summed E-state index contributed by atoms with van der Waals surface area (Å²) in [7, 11) is 3.20. The largest absolute Gasteiger partial charge is 0.493 e. The van der Waals surface area contributed by atoms with Crippen molar-refractivity contribution in [1.29, 1.82) is 0 Å². The van der Waals surface area contributed by atoms with E-state index in [0.29, 0.717) is 37.4 Å². The van der Waals surface area contributed by atoms with Crippen LogP contribution in [-0.2, 0) is 24.2 Å². The van der Waals surface area contributed by atoms with Gasteiger partial charge < -0.3 is 24.1 Å². The van der Waals surface area contributed by atoms with Crippen molar-refractivity contribution in [2.75, 3.05) is 20.8 Å². The molecule has 7 nitrogen and oxygen atoms in total. The van der Waals surface area contributed by atoms with Crippen LogP contribution in [0.25, 0.3) is 0 Å². The molecule has 7 heteroatoms. The van der Waals surface area contributed by atoms with Gasteiger partial charge in [-0.15, -0.1) is 0 Å². The standard InChI is InChI=1S/C25H26N2O5/c1-30-22-14-18-10-11-27(16-19(18)15-23(22)31-2)25(29)20(13-17-7-4-3-5-8-17)26-24(28)21-9-6-12-32-21/h3-9,12,14-15,20H,10-11,13,16H2,1-2H3,(H,26,28). The van der Waals surface area contributed by atoms with Crippen LogP contribution in [0.5, 0.6) is 11.5 Å². The molecule has 1 aromatic heterocycles. The Labute approximate surface area is 186 Å². The van der Waals surface area contributed by atoms with Gasteiger partial charge in [0, 0.05) is 19.5 Å². The molecule has 0 aliphatic carbocycles. The van der Waals surface area contributed by atoms with Crippen LogP contribution in [0, 0.1) is 0 Å². The first kappa shape index (κ1) is 21.5. The molecule has 1 N–H and O–H groups in total. The molecular weight excluding hydrogens is 408 g/mol. The Bertz CT molecular complexity index is 1080. The minimum absolute atomic E-state index is 0.130. The first-order chi connectivity index (χ1) is 15.6. The summed E-state index contributed by atoms with van der Waals surface area (Å²) in [6, 6.07) is 16.1. The summed E-state index contributed by atoms with van der Waals surface area (Å²) in [4.78, 5) is 27.9. The number of carbonyl (C=O) groups is 2. The van der Waals surface area contributed by atoms with Crippen LogP contribution in [0.2, 0.25) is 0 Å². The van der Waals surface area contributed by atoms with Gasteiger partial charge >= 0.3 is 0 Å². The van der Waals surface area contributed by atoms with Gasteiger partial charge in [-0.2, -0.15) is 0 Å². The highest BCUT2D eigenvalue weighted by molar-refractivity contribution is 5.95. The quantitative estimate of drug-likeness (QED) is 0.618. The van der Waals surface area contributed by atoms with E-state index in [-0.39, 0.29) is 11.7 Å². The van der Waals surface area contributed by atoms with Crippen LogP contribution in [0.4, 0.5) is 0 Å². The van der Waals surface area contributed by atoms with Crippen molar-refractivity contribution in [3.63, 3.8) is 0 Å². The van der Waals surface area contributed by atoms with Gasteiger partial charge in [-0.1, -0.05) is 30.3 Å². The third-order valence-corrected chi connectivity index (χ3v) is 5.66. The lowest BCUT2D eigenvalue weighted by Crippen LogP contribution is -2.50. The zero-order chi connectivity index (χ0) is 22.5. The highest BCUT2D eigenvalue weighted by atomic mass is 16.5. The van der Waals surface area contributed by atoms with Crippen LogP contribution in [0.3, 0.4) is 0 Å². The van der Waals surface area contributed by atoms with Crippen molar-refractivity contribution in [2.24, 2.45) is 0 Å². The maximum absolute atomic E-state index is 13.5. The number of ether oxygens (including phenoxy) is 2. The Morgan fingerprint density at radius 3 is 2.41 bits per heavy atom. The Balaban J connectivity index is 1.55. The Kier molecular flexibility index (Phi) is 6.44. The van der Waals surface area contributed by atoms with E-state index in [1.807, 2.05) is 42.5 Å². The van der Waals surface area contributed by atoms with Crippen molar-refractivity contribution in [1.82, 2.24) is 10.2 Å². The van der Waals surface area contributed by atoms with E-state index >= 15 is 0 Å². The first-order valence-electron chi connectivity index (χ1n) is 10.5. The van der Waals surface area contributed by atoms with Crippen LogP contribution in [-0.4, -0.2) is 43.5 Å². The predicted molar refractivity (Wildman–Crippen MR) is 119 cm³/mol. The zero-order valence-electron chi connectivity index (χ0n) is 18.2. The molecule has 4 rings (SSSR count). The molecule has 1 atom stereocenters. The predicted octanol–water partition coefficient (Wildman–Crippen LogP) is 3.22. The maximum Gasteiger partial charge on any atom is 0.287 e. The van der Waals surface area contributed by atoms with Gasteiger partial charge in [0.15, 0.2) is 17.3 Å². The molecule has 32 heavy (non-hydrogen) atoms. The molecular formula is C25H26N2O5. The summed E-state index contributed by atoms with van der Waals surface area (Å²) in [6.45, 7) is 1.000. The summed E-state index contributed by atoms with van der Waals surface area (Å²) < 4.78 is 16.0. The number of benzene rings is 2. The summed E-state index contributed by atoms with van der Waals surface area (Å²) in [6.07, 6.45) is 2.53. The van der Waals surface area contributed by atoms with E-state index < -0.39 is 11.9 Å². The zero-order valence-corrected chi connectivity index (χ0v) is 18.2. The highest BCUT2D eigenvalue weighted by Crippen LogP contribution is 2.33. The molecule has 0 bridgehead atoms. The second-order valence-electron chi connectivity index (χ2n) is 7.68. The number of fused-ring (bicyclic) bond motifs is 1. The van der Waals surface area contributed by atoms with Crippen LogP contribution < -0.4 is 14.8 Å². The third kappa shape index (κ3) is 4.61. The molecule has 2 aromatic carbocycles. The molecule has 1 unspecified atom stereocenters. The molecule has 0 fully saturated rings. The number of furan rings is 1. The molecule has 2 amide bonds. The van der Waals surface area contributed by atoms with Gasteiger partial charge in [0.25, 0.3) is 5.91 Å². The van der Waals surface area contributed by atoms with E-state index in [9.17, 15) is 9.59 Å². The lowest BCUT2D eigenvalue weighted by molar-refractivity contribution is -0.134. The molecule has 0 radical (unpaired) electrons. The summed E-state index contributed by atoms with van der Waals surface area (Å²) in [5.74, 6) is 0.949.